The number of fused-ring (bicyclic) bond motifs is 1. The Labute approximate surface area is 142 Å². The normalized spacial score (nSPS) is 10.7. The number of nitrogens with zero attached hydrogens (tertiary/aromatic N) is 2. The van der Waals surface area contributed by atoms with Crippen molar-refractivity contribution in [3.05, 3.63) is 69.7 Å². The van der Waals surface area contributed by atoms with Crippen molar-refractivity contribution in [3.63, 3.8) is 0 Å². The molecule has 1 heterocycles. The SMILES string of the molecule is NC(=O)OCCc1nc2cccc(Cl)c2c(=O)n1-c1ccccc1. The Balaban J connectivity index is 2.21. The Kier molecular flexibility index (Phi) is 4.48. The van der Waals surface area contributed by atoms with E-state index < -0.39 is 6.09 Å². The van der Waals surface area contributed by atoms with E-state index in [1.807, 2.05) is 18.2 Å². The van der Waals surface area contributed by atoms with Gasteiger partial charge in [0.15, 0.2) is 0 Å². The summed E-state index contributed by atoms with van der Waals surface area (Å²) in [6.07, 6.45) is -0.623. The van der Waals surface area contributed by atoms with Crippen LogP contribution in [0.1, 0.15) is 5.82 Å². The predicted octanol–water partition coefficient (Wildman–Crippen LogP) is 2.68. The summed E-state index contributed by atoms with van der Waals surface area (Å²) < 4.78 is 6.24. The third-order valence-electron chi connectivity index (χ3n) is 3.50. The second-order valence-electron chi connectivity index (χ2n) is 5.06. The number of hydrogen-bond acceptors (Lipinski definition) is 4. The summed E-state index contributed by atoms with van der Waals surface area (Å²) in [4.78, 5) is 28.3. The quantitative estimate of drug-likeness (QED) is 0.789. The Morgan fingerprint density at radius 1 is 1.17 bits per heavy atom. The molecule has 0 bridgehead atoms. The van der Waals surface area contributed by atoms with Crippen molar-refractivity contribution in [1.82, 2.24) is 9.55 Å². The first-order chi connectivity index (χ1) is 11.6. The molecule has 0 atom stereocenters. The number of ether oxygens (including phenoxy) is 1. The molecule has 0 radical (unpaired) electrons. The minimum absolute atomic E-state index is 0.0285. The van der Waals surface area contributed by atoms with E-state index in [1.165, 1.54) is 4.57 Å². The van der Waals surface area contributed by atoms with Crippen LogP contribution in [0.25, 0.3) is 16.6 Å². The van der Waals surface area contributed by atoms with Gasteiger partial charge in [-0.2, -0.15) is 0 Å². The Morgan fingerprint density at radius 3 is 2.62 bits per heavy atom. The van der Waals surface area contributed by atoms with Crippen molar-refractivity contribution < 1.29 is 9.53 Å². The molecule has 0 saturated carbocycles. The van der Waals surface area contributed by atoms with Gasteiger partial charge in [-0.3, -0.25) is 9.36 Å². The van der Waals surface area contributed by atoms with E-state index >= 15 is 0 Å². The molecule has 1 amide bonds. The minimum atomic E-state index is -0.868. The smallest absolute Gasteiger partial charge is 0.404 e. The molecule has 0 saturated heterocycles. The maximum atomic E-state index is 13.0. The van der Waals surface area contributed by atoms with Gasteiger partial charge in [-0.1, -0.05) is 35.9 Å². The highest BCUT2D eigenvalue weighted by Gasteiger charge is 2.15. The lowest BCUT2D eigenvalue weighted by atomic mass is 10.2. The average Bonchev–Trinajstić information content (AvgIpc) is 2.55. The highest BCUT2D eigenvalue weighted by Crippen LogP contribution is 2.20. The molecule has 0 aliphatic carbocycles. The molecular weight excluding hydrogens is 330 g/mol. The third-order valence-corrected chi connectivity index (χ3v) is 3.82. The molecule has 3 aromatic rings. The van der Waals surface area contributed by atoms with Gasteiger partial charge in [0.2, 0.25) is 0 Å². The Morgan fingerprint density at radius 2 is 1.92 bits per heavy atom. The number of nitrogens with two attached hydrogens (primary N) is 1. The molecule has 24 heavy (non-hydrogen) atoms. The lowest BCUT2D eigenvalue weighted by molar-refractivity contribution is 0.157. The predicted molar refractivity (Wildman–Crippen MR) is 91.6 cm³/mol. The largest absolute Gasteiger partial charge is 0.449 e. The summed E-state index contributed by atoms with van der Waals surface area (Å²) in [6.45, 7) is 0.0285. The second-order valence-corrected chi connectivity index (χ2v) is 5.46. The summed E-state index contributed by atoms with van der Waals surface area (Å²) in [5, 5.41) is 0.692. The van der Waals surface area contributed by atoms with Crippen LogP contribution in [0.15, 0.2) is 53.3 Å². The first-order valence-electron chi connectivity index (χ1n) is 7.25. The van der Waals surface area contributed by atoms with Gasteiger partial charge in [0.1, 0.15) is 12.4 Å². The first kappa shape index (κ1) is 16.0. The van der Waals surface area contributed by atoms with Crippen LogP contribution in [0.5, 0.6) is 0 Å². The zero-order valence-corrected chi connectivity index (χ0v) is 13.4. The van der Waals surface area contributed by atoms with E-state index in [-0.39, 0.29) is 18.6 Å². The van der Waals surface area contributed by atoms with Crippen molar-refractivity contribution in [1.29, 1.82) is 0 Å². The van der Waals surface area contributed by atoms with Gasteiger partial charge in [-0.25, -0.2) is 9.78 Å². The number of para-hydroxylation sites is 1. The Hall–Kier alpha value is -2.86. The number of aromatic nitrogens is 2. The maximum absolute atomic E-state index is 13.0. The van der Waals surface area contributed by atoms with Gasteiger partial charge in [0.25, 0.3) is 5.56 Å². The maximum Gasteiger partial charge on any atom is 0.404 e. The fraction of sp³-hybridized carbons (Fsp3) is 0.118. The van der Waals surface area contributed by atoms with E-state index in [0.717, 1.165) is 0 Å². The summed E-state index contributed by atoms with van der Waals surface area (Å²) in [5.41, 5.74) is 5.86. The lowest BCUT2D eigenvalue weighted by Crippen LogP contribution is -2.25. The molecule has 0 aliphatic heterocycles. The van der Waals surface area contributed by atoms with E-state index in [1.54, 1.807) is 30.3 Å². The number of halogens is 1. The molecule has 3 rings (SSSR count). The number of hydrogen-bond donors (Lipinski definition) is 1. The Bertz CT molecular complexity index is 954. The molecule has 2 aromatic carbocycles. The molecule has 1 aromatic heterocycles. The van der Waals surface area contributed by atoms with Crippen molar-refractivity contribution in [2.24, 2.45) is 5.73 Å². The topological polar surface area (TPSA) is 87.2 Å². The molecule has 0 unspecified atom stereocenters. The fourth-order valence-electron chi connectivity index (χ4n) is 2.49. The van der Waals surface area contributed by atoms with Crippen LogP contribution in [0.4, 0.5) is 4.79 Å². The zero-order valence-electron chi connectivity index (χ0n) is 12.6. The molecule has 7 heteroatoms. The van der Waals surface area contributed by atoms with E-state index in [4.69, 9.17) is 22.1 Å². The average molecular weight is 344 g/mol. The summed E-state index contributed by atoms with van der Waals surface area (Å²) in [7, 11) is 0. The summed E-state index contributed by atoms with van der Waals surface area (Å²) in [6, 6.07) is 14.2. The third kappa shape index (κ3) is 3.09. The molecule has 6 nitrogen and oxygen atoms in total. The number of benzene rings is 2. The van der Waals surface area contributed by atoms with Crippen LogP contribution in [-0.4, -0.2) is 22.3 Å². The van der Waals surface area contributed by atoms with Gasteiger partial charge in [-0.05, 0) is 24.3 Å². The van der Waals surface area contributed by atoms with Crippen molar-refractivity contribution in [2.45, 2.75) is 6.42 Å². The van der Waals surface area contributed by atoms with Crippen LogP contribution in [-0.2, 0) is 11.2 Å². The molecule has 0 spiro atoms. The van der Waals surface area contributed by atoms with Crippen LogP contribution < -0.4 is 11.3 Å². The number of carbonyl (C=O) groups is 1. The van der Waals surface area contributed by atoms with Gasteiger partial charge >= 0.3 is 6.09 Å². The lowest BCUT2D eigenvalue weighted by Gasteiger charge is -2.14. The molecule has 0 aliphatic rings. The molecular formula is C17H14ClN3O3. The monoisotopic (exact) mass is 343 g/mol. The van der Waals surface area contributed by atoms with Crippen LogP contribution in [0, 0.1) is 0 Å². The summed E-state index contributed by atoms with van der Waals surface area (Å²) >= 11 is 6.18. The van der Waals surface area contributed by atoms with Gasteiger partial charge in [-0.15, -0.1) is 0 Å². The van der Waals surface area contributed by atoms with Crippen molar-refractivity contribution >= 4 is 28.6 Å². The standard InChI is InChI=1S/C17H14ClN3O3/c18-12-7-4-8-13-15(12)16(22)21(11-5-2-1-3-6-11)14(20-13)9-10-24-17(19)23/h1-8H,9-10H2,(H2,19,23). The van der Waals surface area contributed by atoms with Gasteiger partial charge < -0.3 is 10.5 Å². The number of carbonyl (C=O) groups excluding carboxylic acids is 1. The fourth-order valence-corrected chi connectivity index (χ4v) is 2.74. The van der Waals surface area contributed by atoms with Gasteiger partial charge in [0.05, 0.1) is 21.6 Å². The number of amides is 1. The number of primary amides is 1. The van der Waals surface area contributed by atoms with Crippen molar-refractivity contribution in [3.8, 4) is 5.69 Å². The molecule has 122 valence electrons. The molecule has 2 N–H and O–H groups in total. The number of rotatable bonds is 4. The highest BCUT2D eigenvalue weighted by molar-refractivity contribution is 6.35. The van der Waals surface area contributed by atoms with E-state index in [9.17, 15) is 9.59 Å². The zero-order chi connectivity index (χ0) is 17.1. The van der Waals surface area contributed by atoms with E-state index in [0.29, 0.717) is 27.4 Å². The van der Waals surface area contributed by atoms with Crippen molar-refractivity contribution in [2.75, 3.05) is 6.61 Å². The first-order valence-corrected chi connectivity index (χ1v) is 7.63. The summed E-state index contributed by atoms with van der Waals surface area (Å²) in [5.74, 6) is 0.460. The molecule has 0 fully saturated rings. The van der Waals surface area contributed by atoms with Crippen LogP contribution >= 0.6 is 11.6 Å². The van der Waals surface area contributed by atoms with Gasteiger partial charge in [0, 0.05) is 6.42 Å². The van der Waals surface area contributed by atoms with Crippen LogP contribution in [0.2, 0.25) is 5.02 Å². The second kappa shape index (κ2) is 6.72. The van der Waals surface area contributed by atoms with Crippen LogP contribution in [0.3, 0.4) is 0 Å². The highest BCUT2D eigenvalue weighted by atomic mass is 35.5. The van der Waals surface area contributed by atoms with E-state index in [2.05, 4.69) is 4.98 Å². The minimum Gasteiger partial charge on any atom is -0.449 e.